The van der Waals surface area contributed by atoms with Crippen LogP contribution in [0.1, 0.15) is 141 Å². The van der Waals surface area contributed by atoms with Crippen molar-refractivity contribution in [1.82, 2.24) is 25.9 Å². The van der Waals surface area contributed by atoms with Crippen LogP contribution in [0.15, 0.2) is 47.6 Å². The first-order chi connectivity index (χ1) is 32.5. The summed E-state index contributed by atoms with van der Waals surface area (Å²) in [5, 5.41) is 10.9. The Balaban J connectivity index is 0.00000241. The number of rotatable bonds is 18. The van der Waals surface area contributed by atoms with Gasteiger partial charge in [0.05, 0.1) is 37.5 Å². The molecule has 1 fully saturated rings. The first-order valence-corrected chi connectivity index (χ1v) is 24.4. The number of aromatic amines is 1. The van der Waals surface area contributed by atoms with Crippen LogP contribution in [0.25, 0.3) is 22.4 Å². The molecule has 0 radical (unpaired) electrons. The maximum atomic E-state index is 8.95. The number of methoxy groups -OCH3 is 2. The van der Waals surface area contributed by atoms with Crippen LogP contribution in [-0.4, -0.2) is 110 Å². The molecule has 14 nitrogen and oxygen atoms in total. The summed E-state index contributed by atoms with van der Waals surface area (Å²) in [6, 6.07) is 14.8. The first-order valence-electron chi connectivity index (χ1n) is 24.4. The Hall–Kier alpha value is -4.47. The third-order valence-electron chi connectivity index (χ3n) is 12.3. The summed E-state index contributed by atoms with van der Waals surface area (Å²) >= 11 is 0. The summed E-state index contributed by atoms with van der Waals surface area (Å²) in [5.74, 6) is 4.39. The van der Waals surface area contributed by atoms with Crippen molar-refractivity contribution in [3.8, 4) is 22.4 Å². The molecule has 4 unspecified atom stereocenters. The number of nitrogens with two attached hydrogens (primary N) is 2. The van der Waals surface area contributed by atoms with Crippen LogP contribution < -0.4 is 27.4 Å². The summed E-state index contributed by atoms with van der Waals surface area (Å²) < 4.78 is 14.3. The number of fused-ring (bicyclic) bond motifs is 2. The van der Waals surface area contributed by atoms with Crippen molar-refractivity contribution in [3.05, 3.63) is 65.1 Å². The van der Waals surface area contributed by atoms with Gasteiger partial charge in [0.15, 0.2) is 0 Å². The molecule has 67 heavy (non-hydrogen) atoms. The minimum Gasteiger partial charge on any atom is -0.471 e. The van der Waals surface area contributed by atoms with Crippen molar-refractivity contribution in [1.29, 1.82) is 0 Å². The van der Waals surface area contributed by atoms with E-state index in [1.807, 2.05) is 33.9 Å². The minimum absolute atomic E-state index is 0.118. The number of imidazole rings is 1. The highest BCUT2D eigenvalue weighted by atomic mass is 16.5. The number of hydrogen-bond acceptors (Lipinski definition) is 12. The van der Waals surface area contributed by atoms with Crippen LogP contribution in [-0.2, 0) is 40.4 Å². The third-order valence-corrected chi connectivity index (χ3v) is 12.3. The van der Waals surface area contributed by atoms with Gasteiger partial charge >= 0.3 is 0 Å². The molecule has 2 aromatic carbocycles. The molecule has 2 aliphatic heterocycles. The van der Waals surface area contributed by atoms with Gasteiger partial charge in [0.25, 0.3) is 6.47 Å². The molecule has 8 N–H and O–H groups in total. The van der Waals surface area contributed by atoms with Gasteiger partial charge in [-0.2, -0.15) is 0 Å². The van der Waals surface area contributed by atoms with Gasteiger partial charge < -0.3 is 51.4 Å². The summed E-state index contributed by atoms with van der Waals surface area (Å²) in [7, 11) is 10.2. The van der Waals surface area contributed by atoms with Crippen LogP contribution in [0.3, 0.4) is 0 Å². The number of aliphatic imine (C=N–C) groups is 1. The lowest BCUT2D eigenvalue weighted by molar-refractivity contribution is -0.126. The van der Waals surface area contributed by atoms with Gasteiger partial charge in [-0.3, -0.25) is 14.6 Å². The number of likely N-dealkylation sites (N-methyl/N-ethyl adjacent to an activating group) is 1. The zero-order chi connectivity index (χ0) is 50.8. The van der Waals surface area contributed by atoms with Crippen molar-refractivity contribution in [2.24, 2.45) is 34.2 Å². The van der Waals surface area contributed by atoms with E-state index in [0.717, 1.165) is 69.9 Å². The average molecular weight is 937 g/mol. The maximum Gasteiger partial charge on any atom is 0.292 e. The SMILES string of the molecule is C=O.CC.CCCCC(CC(C)C)C1=NCCC(c2ccc(-c3ccc(-c4cnc([C@H](CCCNC)C(NC)C(C)C)[nH]4)cc3)c3c2CCC32CCOC2)N1.CN.COC.COC=O.NC=O. The molecule has 1 aliphatic carbocycles. The number of unbranched alkanes of at least 4 members (excludes halogenated alkanes) is 1. The Morgan fingerprint density at radius 1 is 0.970 bits per heavy atom. The second kappa shape index (κ2) is 36.6. The van der Waals surface area contributed by atoms with E-state index in [1.54, 1.807) is 25.3 Å². The van der Waals surface area contributed by atoms with Gasteiger partial charge in [-0.05, 0) is 124 Å². The van der Waals surface area contributed by atoms with Gasteiger partial charge in [-0.1, -0.05) is 97.7 Å². The predicted molar refractivity (Wildman–Crippen MR) is 279 cm³/mol. The Labute approximate surface area is 405 Å². The lowest BCUT2D eigenvalue weighted by Gasteiger charge is -2.32. The molecular formula is C53H92N8O6. The molecule has 3 aliphatic rings. The predicted octanol–water partition coefficient (Wildman–Crippen LogP) is 8.53. The van der Waals surface area contributed by atoms with E-state index >= 15 is 0 Å². The molecule has 3 aromatic rings. The molecule has 3 heterocycles. The summed E-state index contributed by atoms with van der Waals surface area (Å²) in [5.41, 5.74) is 18.4. The standard InChI is InChI=1S/C44H66N6O.C2H4O2.C2H6O.C2H6.CH3NO.CH5N.CH2O/c1-8-9-11-33(26-29(2)3)42-47-24-20-38(49-42)35-18-17-34(40-36(35)19-21-44(40)22-25-51-28-44)31-13-15-32(16-14-31)39-27-48-43(50-39)37(12-10-23-45-6)41(46-7)30(4)5;1-4-2-3;1-3-2;1-2;2-1-3;2*1-2/h13-18,27,29-30,33,37-38,41,45-46H,8-12,19-26,28H2,1-7H3,(H,47,49)(H,48,50);2H,1H3;1-2H3;1-2H3;1H,(H2,2,3);2H2,1H3;1H2/t33?,37-,38?,41?,44?;;;;;;/m1....../s1. The fraction of sp³-hybridized carbons (Fsp3) is 0.642. The quantitative estimate of drug-likeness (QED) is 0.0526. The van der Waals surface area contributed by atoms with Crippen LogP contribution in [0, 0.1) is 17.8 Å². The smallest absolute Gasteiger partial charge is 0.292 e. The van der Waals surface area contributed by atoms with Crippen LogP contribution >= 0.6 is 0 Å². The Morgan fingerprint density at radius 3 is 2.12 bits per heavy atom. The number of amides is 1. The summed E-state index contributed by atoms with van der Waals surface area (Å²) in [6.07, 6.45) is 13.9. The van der Waals surface area contributed by atoms with Crippen molar-refractivity contribution >= 4 is 25.5 Å². The van der Waals surface area contributed by atoms with Gasteiger partial charge in [0, 0.05) is 50.7 Å². The number of ether oxygens (including phenoxy) is 3. The number of H-pyrrole nitrogens is 1. The maximum absolute atomic E-state index is 8.95. The molecule has 0 saturated carbocycles. The number of carbonyl (C=O) groups excluding carboxylic acids is 3. The normalized spacial score (nSPS) is 17.7. The van der Waals surface area contributed by atoms with Crippen LogP contribution in [0.2, 0.25) is 0 Å². The largest absolute Gasteiger partial charge is 0.471 e. The van der Waals surface area contributed by atoms with Crippen molar-refractivity contribution in [2.45, 2.75) is 136 Å². The minimum atomic E-state index is 0.118. The molecule has 6 rings (SSSR count). The topological polar surface area (TPSA) is 208 Å². The third kappa shape index (κ3) is 19.2. The molecule has 1 amide bonds. The average Bonchev–Trinajstić information content (AvgIpc) is 4.14. The lowest BCUT2D eigenvalue weighted by atomic mass is 9.76. The zero-order valence-electron chi connectivity index (χ0n) is 43.8. The highest BCUT2D eigenvalue weighted by Crippen LogP contribution is 2.51. The van der Waals surface area contributed by atoms with Gasteiger partial charge in [0.1, 0.15) is 12.6 Å². The van der Waals surface area contributed by atoms with Gasteiger partial charge in [0.2, 0.25) is 6.41 Å². The highest BCUT2D eigenvalue weighted by molar-refractivity contribution is 5.86. The van der Waals surface area contributed by atoms with E-state index in [9.17, 15) is 0 Å². The lowest BCUT2D eigenvalue weighted by Crippen LogP contribution is -2.39. The molecule has 14 heteroatoms. The van der Waals surface area contributed by atoms with Crippen molar-refractivity contribution < 1.29 is 28.6 Å². The second-order valence-corrected chi connectivity index (χ2v) is 17.4. The monoisotopic (exact) mass is 937 g/mol. The fourth-order valence-electron chi connectivity index (χ4n) is 9.56. The van der Waals surface area contributed by atoms with Crippen molar-refractivity contribution in [3.63, 3.8) is 0 Å². The molecule has 1 aromatic heterocycles. The van der Waals surface area contributed by atoms with E-state index in [4.69, 9.17) is 29.1 Å². The molecule has 0 bridgehead atoms. The molecular weight excluding hydrogens is 845 g/mol. The summed E-state index contributed by atoms with van der Waals surface area (Å²) in [6.45, 7) is 21.6. The second-order valence-electron chi connectivity index (χ2n) is 17.4. The molecule has 380 valence electrons. The highest BCUT2D eigenvalue weighted by Gasteiger charge is 2.45. The Bertz CT molecular complexity index is 1760. The molecule has 1 spiro atoms. The molecule has 5 atom stereocenters. The van der Waals surface area contributed by atoms with E-state index in [1.165, 1.54) is 74.4 Å². The number of hydrogen-bond donors (Lipinski definition) is 6. The Morgan fingerprint density at radius 2 is 1.60 bits per heavy atom. The number of carbonyl (C=O) groups is 3. The number of nitrogens with one attached hydrogen (secondary N) is 4. The zero-order valence-corrected chi connectivity index (χ0v) is 43.8. The number of primary amides is 1. The number of amidine groups is 1. The first kappa shape index (κ1) is 62.5. The van der Waals surface area contributed by atoms with Crippen LogP contribution in [0.4, 0.5) is 0 Å². The van der Waals surface area contributed by atoms with E-state index < -0.39 is 0 Å². The number of aromatic nitrogens is 2. The van der Waals surface area contributed by atoms with Gasteiger partial charge in [-0.25, -0.2) is 4.98 Å². The molecule has 1 saturated heterocycles. The fourth-order valence-corrected chi connectivity index (χ4v) is 9.56. The van der Waals surface area contributed by atoms with E-state index in [-0.39, 0.29) is 11.8 Å². The summed E-state index contributed by atoms with van der Waals surface area (Å²) in [4.78, 5) is 39.3. The van der Waals surface area contributed by atoms with Crippen LogP contribution in [0.5, 0.6) is 0 Å². The van der Waals surface area contributed by atoms with Gasteiger partial charge in [-0.15, -0.1) is 0 Å². The van der Waals surface area contributed by atoms with E-state index in [0.29, 0.717) is 42.2 Å². The Kier molecular flexibility index (Phi) is 34.1. The van der Waals surface area contributed by atoms with Crippen molar-refractivity contribution in [2.75, 3.05) is 68.8 Å². The van der Waals surface area contributed by atoms with E-state index in [2.05, 4.69) is 120 Å². The number of benzene rings is 2. The number of nitrogens with zero attached hydrogens (tertiary/aromatic N) is 2.